The molecule has 0 radical (unpaired) electrons. The molecule has 3 N–H and O–H groups in total. The SMILES string of the molecule is COc1ccc(NC(=O)C[NH+](C)[C@H](C)C(=O)N[C@H]2CCC[C@H](C)[C@H]2C)cc1. The van der Waals surface area contributed by atoms with Gasteiger partial charge in [-0.15, -0.1) is 0 Å². The van der Waals surface area contributed by atoms with E-state index in [1.54, 1.807) is 31.4 Å². The Kier molecular flexibility index (Phi) is 7.66. The molecule has 150 valence electrons. The number of nitrogens with one attached hydrogen (secondary N) is 3. The van der Waals surface area contributed by atoms with Crippen molar-refractivity contribution in [3.8, 4) is 5.75 Å². The Balaban J connectivity index is 1.83. The van der Waals surface area contributed by atoms with Crippen LogP contribution >= 0.6 is 0 Å². The predicted octanol–water partition coefficient (Wildman–Crippen LogP) is 1.48. The molecule has 0 spiro atoms. The molecule has 1 saturated carbocycles. The summed E-state index contributed by atoms with van der Waals surface area (Å²) in [5.41, 5.74) is 0.718. The lowest BCUT2D eigenvalue weighted by atomic mass is 9.78. The van der Waals surface area contributed by atoms with E-state index in [2.05, 4.69) is 24.5 Å². The minimum Gasteiger partial charge on any atom is -0.497 e. The van der Waals surface area contributed by atoms with Gasteiger partial charge in [-0.1, -0.05) is 26.7 Å². The van der Waals surface area contributed by atoms with E-state index in [1.807, 2.05) is 14.0 Å². The molecule has 1 aliphatic carbocycles. The van der Waals surface area contributed by atoms with E-state index >= 15 is 0 Å². The van der Waals surface area contributed by atoms with E-state index in [0.717, 1.165) is 29.2 Å². The first-order valence-corrected chi connectivity index (χ1v) is 9.88. The molecule has 5 atom stereocenters. The summed E-state index contributed by atoms with van der Waals surface area (Å²) >= 11 is 0. The molecule has 0 saturated heterocycles. The van der Waals surface area contributed by atoms with Gasteiger partial charge in [0, 0.05) is 11.7 Å². The molecule has 6 nitrogen and oxygen atoms in total. The number of hydrogen-bond acceptors (Lipinski definition) is 3. The van der Waals surface area contributed by atoms with Crippen molar-refractivity contribution < 1.29 is 19.2 Å². The fourth-order valence-corrected chi connectivity index (χ4v) is 3.60. The smallest absolute Gasteiger partial charge is 0.279 e. The maximum absolute atomic E-state index is 12.6. The Morgan fingerprint density at radius 2 is 1.89 bits per heavy atom. The second-order valence-corrected chi connectivity index (χ2v) is 7.90. The van der Waals surface area contributed by atoms with Crippen LogP contribution in [0.5, 0.6) is 5.75 Å². The minimum absolute atomic E-state index is 0.0238. The molecule has 2 amide bonds. The van der Waals surface area contributed by atoms with Crippen LogP contribution in [0.15, 0.2) is 24.3 Å². The number of benzene rings is 1. The highest BCUT2D eigenvalue weighted by Crippen LogP contribution is 2.29. The van der Waals surface area contributed by atoms with Gasteiger partial charge in [0.1, 0.15) is 5.75 Å². The number of carbonyl (C=O) groups is 2. The van der Waals surface area contributed by atoms with Crippen LogP contribution in [0.1, 0.15) is 40.0 Å². The fraction of sp³-hybridized carbons (Fsp3) is 0.619. The van der Waals surface area contributed by atoms with E-state index in [0.29, 0.717) is 11.8 Å². The number of methoxy groups -OCH3 is 1. The van der Waals surface area contributed by atoms with Crippen LogP contribution in [0.3, 0.4) is 0 Å². The van der Waals surface area contributed by atoms with Crippen LogP contribution in [-0.2, 0) is 9.59 Å². The summed E-state index contributed by atoms with van der Waals surface area (Å²) in [5, 5.41) is 6.08. The Morgan fingerprint density at radius 1 is 1.22 bits per heavy atom. The van der Waals surface area contributed by atoms with E-state index in [9.17, 15) is 9.59 Å². The van der Waals surface area contributed by atoms with Gasteiger partial charge in [0.25, 0.3) is 11.8 Å². The van der Waals surface area contributed by atoms with Crippen molar-refractivity contribution >= 4 is 17.5 Å². The maximum Gasteiger partial charge on any atom is 0.279 e. The first-order chi connectivity index (χ1) is 12.8. The monoisotopic (exact) mass is 376 g/mol. The molecule has 1 fully saturated rings. The van der Waals surface area contributed by atoms with E-state index in [1.165, 1.54) is 6.42 Å². The average Bonchev–Trinajstić information content (AvgIpc) is 2.65. The van der Waals surface area contributed by atoms with Gasteiger partial charge in [0.2, 0.25) is 0 Å². The standard InChI is InChI=1S/C21H33N3O3/c1-14-7-6-8-19(15(14)2)23-21(26)16(3)24(4)13-20(25)22-17-9-11-18(27-5)12-10-17/h9-12,14-16,19H,6-8,13H2,1-5H3,(H,22,25)(H,23,26)/p+1/t14-,15+,16+,19-/m0/s1. The highest BCUT2D eigenvalue weighted by Gasteiger charge is 2.31. The second kappa shape index (κ2) is 9.74. The third-order valence-corrected chi connectivity index (χ3v) is 5.98. The maximum atomic E-state index is 12.6. The zero-order valence-corrected chi connectivity index (χ0v) is 17.2. The van der Waals surface area contributed by atoms with Crippen molar-refractivity contribution in [3.63, 3.8) is 0 Å². The number of ether oxygens (including phenoxy) is 1. The zero-order valence-electron chi connectivity index (χ0n) is 17.2. The number of rotatable bonds is 7. The third kappa shape index (κ3) is 5.96. The Morgan fingerprint density at radius 3 is 2.52 bits per heavy atom. The molecular weight excluding hydrogens is 342 g/mol. The molecule has 1 unspecified atom stereocenters. The molecule has 6 heteroatoms. The van der Waals surface area contributed by atoms with Crippen molar-refractivity contribution in [2.24, 2.45) is 11.8 Å². The molecule has 27 heavy (non-hydrogen) atoms. The fourth-order valence-electron chi connectivity index (χ4n) is 3.60. The summed E-state index contributed by atoms with van der Waals surface area (Å²) in [6, 6.07) is 7.16. The van der Waals surface area contributed by atoms with Crippen molar-refractivity contribution in [3.05, 3.63) is 24.3 Å². The van der Waals surface area contributed by atoms with Gasteiger partial charge in [-0.05, 0) is 49.4 Å². The van der Waals surface area contributed by atoms with Gasteiger partial charge in [-0.3, -0.25) is 9.59 Å². The Hall–Kier alpha value is -2.08. The number of amides is 2. The minimum atomic E-state index is -0.281. The van der Waals surface area contributed by atoms with Crippen LogP contribution in [0.25, 0.3) is 0 Å². The third-order valence-electron chi connectivity index (χ3n) is 5.98. The lowest BCUT2D eigenvalue weighted by Crippen LogP contribution is -3.15. The molecule has 0 heterocycles. The Labute approximate surface area is 162 Å². The summed E-state index contributed by atoms with van der Waals surface area (Å²) in [6.07, 6.45) is 3.44. The van der Waals surface area contributed by atoms with Crippen LogP contribution < -0.4 is 20.3 Å². The summed E-state index contributed by atoms with van der Waals surface area (Å²) in [5.74, 6) is 1.79. The van der Waals surface area contributed by atoms with E-state index < -0.39 is 0 Å². The lowest BCUT2D eigenvalue weighted by Gasteiger charge is -2.35. The molecule has 0 aliphatic heterocycles. The Bertz CT molecular complexity index is 632. The first kappa shape index (κ1) is 21.2. The molecular formula is C21H34N3O3+. The van der Waals surface area contributed by atoms with Gasteiger partial charge in [-0.25, -0.2) is 0 Å². The van der Waals surface area contributed by atoms with Crippen molar-refractivity contribution in [2.45, 2.75) is 52.1 Å². The van der Waals surface area contributed by atoms with Gasteiger partial charge in [0.05, 0.1) is 14.2 Å². The predicted molar refractivity (Wildman–Crippen MR) is 107 cm³/mol. The van der Waals surface area contributed by atoms with Crippen LogP contribution in [0.4, 0.5) is 5.69 Å². The molecule has 1 aromatic rings. The van der Waals surface area contributed by atoms with Crippen LogP contribution in [0, 0.1) is 11.8 Å². The number of likely N-dealkylation sites (N-methyl/N-ethyl adjacent to an activating group) is 1. The van der Waals surface area contributed by atoms with Gasteiger partial charge in [0.15, 0.2) is 12.6 Å². The molecule has 0 aromatic heterocycles. The lowest BCUT2D eigenvalue weighted by molar-refractivity contribution is -0.885. The van der Waals surface area contributed by atoms with Gasteiger partial charge < -0.3 is 20.3 Å². The van der Waals surface area contributed by atoms with Gasteiger partial charge >= 0.3 is 0 Å². The summed E-state index contributed by atoms with van der Waals surface area (Å²) in [7, 11) is 3.48. The van der Waals surface area contributed by atoms with E-state index in [4.69, 9.17) is 4.74 Å². The van der Waals surface area contributed by atoms with E-state index in [-0.39, 0.29) is 30.4 Å². The first-order valence-electron chi connectivity index (χ1n) is 9.88. The topological polar surface area (TPSA) is 71.9 Å². The largest absolute Gasteiger partial charge is 0.497 e. The molecule has 1 aromatic carbocycles. The number of carbonyl (C=O) groups excluding carboxylic acids is 2. The van der Waals surface area contributed by atoms with Crippen LogP contribution in [-0.4, -0.2) is 44.6 Å². The molecule has 1 aliphatic rings. The van der Waals surface area contributed by atoms with Crippen molar-refractivity contribution in [1.82, 2.24) is 5.32 Å². The quantitative estimate of drug-likeness (QED) is 0.675. The summed E-state index contributed by atoms with van der Waals surface area (Å²) in [6.45, 7) is 6.59. The van der Waals surface area contributed by atoms with Gasteiger partial charge in [-0.2, -0.15) is 0 Å². The highest BCUT2D eigenvalue weighted by atomic mass is 16.5. The molecule has 2 rings (SSSR count). The number of quaternary nitrogens is 1. The number of anilines is 1. The zero-order chi connectivity index (χ0) is 20.0. The second-order valence-electron chi connectivity index (χ2n) is 7.90. The highest BCUT2D eigenvalue weighted by molar-refractivity contribution is 5.91. The number of hydrogen-bond donors (Lipinski definition) is 3. The summed E-state index contributed by atoms with van der Waals surface area (Å²) in [4.78, 5) is 25.8. The summed E-state index contributed by atoms with van der Waals surface area (Å²) < 4.78 is 5.11. The van der Waals surface area contributed by atoms with Crippen LogP contribution in [0.2, 0.25) is 0 Å². The average molecular weight is 377 g/mol. The molecule has 0 bridgehead atoms. The van der Waals surface area contributed by atoms with Crippen molar-refractivity contribution in [2.75, 3.05) is 26.0 Å². The normalized spacial score (nSPS) is 24.6. The van der Waals surface area contributed by atoms with Crippen molar-refractivity contribution in [1.29, 1.82) is 0 Å².